The maximum absolute atomic E-state index is 11.5. The van der Waals surface area contributed by atoms with Crippen LogP contribution in [0.4, 0.5) is 0 Å². The fraction of sp³-hybridized carbons (Fsp3) is 1.00. The summed E-state index contributed by atoms with van der Waals surface area (Å²) in [5.41, 5.74) is 0.354. The van der Waals surface area contributed by atoms with Crippen molar-refractivity contribution < 1.29 is 13.5 Å². The van der Waals surface area contributed by atoms with E-state index in [1.165, 1.54) is 12.8 Å². The summed E-state index contributed by atoms with van der Waals surface area (Å²) >= 11 is 0. The number of rotatable bonds is 2. The van der Waals surface area contributed by atoms with Gasteiger partial charge in [0.05, 0.1) is 17.6 Å². The molecule has 1 aliphatic heterocycles. The van der Waals surface area contributed by atoms with E-state index >= 15 is 0 Å². The van der Waals surface area contributed by atoms with E-state index in [0.717, 1.165) is 18.8 Å². The Morgan fingerprint density at radius 1 is 1.00 bits per heavy atom. The molecule has 2 rings (SSSR count). The summed E-state index contributed by atoms with van der Waals surface area (Å²) < 4.78 is 23.0. The van der Waals surface area contributed by atoms with Crippen molar-refractivity contribution in [3.05, 3.63) is 0 Å². The first-order valence-corrected chi connectivity index (χ1v) is 9.40. The van der Waals surface area contributed by atoms with Crippen LogP contribution in [-0.4, -0.2) is 31.1 Å². The summed E-state index contributed by atoms with van der Waals surface area (Å²) in [6.45, 7) is 6.87. The Kier molecular flexibility index (Phi) is 4.32. The van der Waals surface area contributed by atoms with Crippen molar-refractivity contribution in [3.8, 4) is 0 Å². The number of hydrogen-bond acceptors (Lipinski definition) is 3. The summed E-state index contributed by atoms with van der Waals surface area (Å²) in [5.74, 6) is 1.51. The largest absolute Gasteiger partial charge is 0.393 e. The highest BCUT2D eigenvalue weighted by atomic mass is 32.2. The topological polar surface area (TPSA) is 54.4 Å². The van der Waals surface area contributed by atoms with E-state index in [-0.39, 0.29) is 17.4 Å². The third-order valence-electron chi connectivity index (χ3n) is 5.23. The Bertz CT molecular complexity index is 400. The van der Waals surface area contributed by atoms with Gasteiger partial charge in [-0.25, -0.2) is 8.42 Å². The monoisotopic (exact) mass is 288 g/mol. The zero-order chi connectivity index (χ0) is 14.3. The fourth-order valence-corrected chi connectivity index (χ4v) is 5.65. The molecule has 1 saturated carbocycles. The van der Waals surface area contributed by atoms with Crippen molar-refractivity contribution in [1.82, 2.24) is 0 Å². The molecule has 2 atom stereocenters. The number of aliphatic hydroxyl groups is 1. The lowest BCUT2D eigenvalue weighted by Gasteiger charge is -2.39. The maximum Gasteiger partial charge on any atom is 0.150 e. The number of sulfone groups is 1. The van der Waals surface area contributed by atoms with Gasteiger partial charge in [-0.3, -0.25) is 0 Å². The molecule has 0 radical (unpaired) electrons. The Morgan fingerprint density at radius 2 is 1.58 bits per heavy atom. The predicted molar refractivity (Wildman–Crippen MR) is 77.7 cm³/mol. The molecular formula is C15H28O3S. The summed E-state index contributed by atoms with van der Waals surface area (Å²) in [4.78, 5) is 0. The number of aliphatic hydroxyl groups excluding tert-OH is 1. The lowest BCUT2D eigenvalue weighted by atomic mass is 9.68. The molecule has 1 saturated heterocycles. The molecule has 0 aromatic carbocycles. The van der Waals surface area contributed by atoms with Crippen molar-refractivity contribution in [2.75, 3.05) is 11.5 Å². The first kappa shape index (κ1) is 15.3. The van der Waals surface area contributed by atoms with E-state index in [9.17, 15) is 13.5 Å². The molecule has 4 heteroatoms. The minimum Gasteiger partial charge on any atom is -0.393 e. The van der Waals surface area contributed by atoms with Gasteiger partial charge in [-0.15, -0.1) is 0 Å². The van der Waals surface area contributed by atoms with Crippen LogP contribution >= 0.6 is 0 Å². The molecule has 1 aliphatic carbocycles. The summed E-state index contributed by atoms with van der Waals surface area (Å²) in [6.07, 6.45) is 4.70. The van der Waals surface area contributed by atoms with Gasteiger partial charge < -0.3 is 5.11 Å². The highest BCUT2D eigenvalue weighted by Gasteiger charge is 2.39. The zero-order valence-corrected chi connectivity index (χ0v) is 13.2. The Morgan fingerprint density at radius 3 is 2.00 bits per heavy atom. The van der Waals surface area contributed by atoms with Crippen LogP contribution in [0, 0.1) is 23.2 Å². The van der Waals surface area contributed by atoms with Crippen LogP contribution in [0.5, 0.6) is 0 Å². The Hall–Kier alpha value is -0.0900. The molecule has 2 aliphatic rings. The van der Waals surface area contributed by atoms with Gasteiger partial charge in [0, 0.05) is 0 Å². The summed E-state index contributed by atoms with van der Waals surface area (Å²) in [6, 6.07) is 0. The molecule has 19 heavy (non-hydrogen) atoms. The van der Waals surface area contributed by atoms with Gasteiger partial charge in [0.1, 0.15) is 0 Å². The van der Waals surface area contributed by atoms with Gasteiger partial charge >= 0.3 is 0 Å². The average Bonchev–Trinajstić information content (AvgIpc) is 2.68. The minimum absolute atomic E-state index is 0.0128. The maximum atomic E-state index is 11.5. The van der Waals surface area contributed by atoms with E-state index in [4.69, 9.17) is 0 Å². The van der Waals surface area contributed by atoms with Crippen molar-refractivity contribution in [3.63, 3.8) is 0 Å². The molecule has 1 N–H and O–H groups in total. The molecule has 0 aromatic heterocycles. The molecule has 112 valence electrons. The molecular weight excluding hydrogens is 260 g/mol. The Labute approximate surface area is 117 Å². The fourth-order valence-electron chi connectivity index (χ4n) is 3.80. The molecule has 0 amide bonds. The van der Waals surface area contributed by atoms with Gasteiger partial charge in [-0.1, -0.05) is 20.8 Å². The second-order valence-corrected chi connectivity index (χ2v) is 9.86. The van der Waals surface area contributed by atoms with Crippen LogP contribution in [0.25, 0.3) is 0 Å². The molecule has 0 spiro atoms. The first-order chi connectivity index (χ1) is 8.69. The van der Waals surface area contributed by atoms with E-state index in [1.54, 1.807) is 0 Å². The lowest BCUT2D eigenvalue weighted by molar-refractivity contribution is 0.0216. The third-order valence-corrected chi connectivity index (χ3v) is 7.02. The van der Waals surface area contributed by atoms with Gasteiger partial charge in [0.25, 0.3) is 0 Å². The van der Waals surface area contributed by atoms with Crippen LogP contribution in [-0.2, 0) is 9.84 Å². The minimum atomic E-state index is -2.87. The van der Waals surface area contributed by atoms with E-state index < -0.39 is 15.9 Å². The van der Waals surface area contributed by atoms with Crippen LogP contribution in [0.1, 0.15) is 52.9 Å². The van der Waals surface area contributed by atoms with Crippen molar-refractivity contribution in [1.29, 1.82) is 0 Å². The van der Waals surface area contributed by atoms with Crippen LogP contribution in [0.3, 0.4) is 0 Å². The van der Waals surface area contributed by atoms with Crippen molar-refractivity contribution >= 4 is 9.84 Å². The van der Waals surface area contributed by atoms with Crippen LogP contribution in [0.2, 0.25) is 0 Å². The zero-order valence-electron chi connectivity index (χ0n) is 12.4. The second kappa shape index (κ2) is 5.36. The van der Waals surface area contributed by atoms with Crippen molar-refractivity contribution in [2.24, 2.45) is 23.2 Å². The molecule has 2 unspecified atom stereocenters. The summed E-state index contributed by atoms with van der Waals surface area (Å²) in [7, 11) is -2.87. The van der Waals surface area contributed by atoms with Crippen molar-refractivity contribution in [2.45, 2.75) is 59.0 Å². The Balaban J connectivity index is 1.88. The van der Waals surface area contributed by atoms with Crippen LogP contribution in [0.15, 0.2) is 0 Å². The number of hydrogen-bond donors (Lipinski definition) is 1. The highest BCUT2D eigenvalue weighted by molar-refractivity contribution is 7.91. The normalized spacial score (nSPS) is 37.2. The third kappa shape index (κ3) is 3.72. The predicted octanol–water partition coefficient (Wildman–Crippen LogP) is 2.63. The van der Waals surface area contributed by atoms with Gasteiger partial charge in [-0.05, 0) is 55.3 Å². The van der Waals surface area contributed by atoms with Gasteiger partial charge in [0.2, 0.25) is 0 Å². The van der Waals surface area contributed by atoms with Gasteiger partial charge in [-0.2, -0.15) is 0 Å². The highest BCUT2D eigenvalue weighted by Crippen LogP contribution is 2.42. The molecule has 0 aromatic rings. The molecule has 2 fully saturated rings. The second-order valence-electron chi connectivity index (χ2n) is 7.63. The molecule has 1 heterocycles. The van der Waals surface area contributed by atoms with Crippen LogP contribution < -0.4 is 0 Å². The molecule has 3 nitrogen and oxygen atoms in total. The van der Waals surface area contributed by atoms with E-state index in [0.29, 0.717) is 17.8 Å². The molecule has 0 bridgehead atoms. The smallest absolute Gasteiger partial charge is 0.150 e. The summed E-state index contributed by atoms with van der Waals surface area (Å²) in [5, 5.41) is 10.4. The average molecular weight is 288 g/mol. The lowest BCUT2D eigenvalue weighted by Crippen LogP contribution is -2.35. The van der Waals surface area contributed by atoms with E-state index in [1.807, 2.05) is 0 Å². The quantitative estimate of drug-likeness (QED) is 0.850. The first-order valence-electron chi connectivity index (χ1n) is 7.57. The van der Waals surface area contributed by atoms with Gasteiger partial charge in [0.15, 0.2) is 9.84 Å². The standard InChI is InChI=1S/C15H28O3S/c1-15(2,3)13-6-4-11(5-7-13)14(16)12-8-9-19(17,18)10-12/h11-14,16H,4-10H2,1-3H3. The van der Waals surface area contributed by atoms with E-state index in [2.05, 4.69) is 20.8 Å². The SMILES string of the molecule is CC(C)(C)C1CCC(C(O)C2CCS(=O)(=O)C2)CC1.